The minimum atomic E-state index is -0.989. The summed E-state index contributed by atoms with van der Waals surface area (Å²) in [4.78, 5) is 22.4. The van der Waals surface area contributed by atoms with Gasteiger partial charge in [-0.3, -0.25) is 0 Å². The first kappa shape index (κ1) is 15.8. The molecule has 2 amide bonds. The van der Waals surface area contributed by atoms with Crippen molar-refractivity contribution in [3.8, 4) is 0 Å². The Hall–Kier alpha value is -1.30. The molecule has 2 unspecified atom stereocenters. The third-order valence-electron chi connectivity index (χ3n) is 3.19. The Labute approximate surface area is 113 Å². The lowest BCUT2D eigenvalue weighted by atomic mass is 10.1. The summed E-state index contributed by atoms with van der Waals surface area (Å²) in [5, 5.41) is 14.1. The lowest BCUT2D eigenvalue weighted by Gasteiger charge is -2.14. The van der Waals surface area contributed by atoms with Gasteiger partial charge in [0.15, 0.2) is 0 Å². The lowest BCUT2D eigenvalue weighted by molar-refractivity contribution is -0.139. The lowest BCUT2D eigenvalue weighted by Crippen LogP contribution is -2.46. The van der Waals surface area contributed by atoms with Crippen LogP contribution in [0.5, 0.6) is 0 Å². The molecule has 1 aliphatic heterocycles. The summed E-state index contributed by atoms with van der Waals surface area (Å²) in [6, 6.07) is -1.21. The molecule has 0 aromatic heterocycles. The summed E-state index contributed by atoms with van der Waals surface area (Å²) in [6.45, 7) is 3.27. The van der Waals surface area contributed by atoms with Gasteiger partial charge < -0.3 is 20.5 Å². The summed E-state index contributed by atoms with van der Waals surface area (Å²) < 4.78 is 5.48. The molecule has 0 spiro atoms. The van der Waals surface area contributed by atoms with Crippen LogP contribution in [-0.2, 0) is 9.53 Å². The van der Waals surface area contributed by atoms with Crippen LogP contribution in [0.2, 0.25) is 0 Å². The highest BCUT2D eigenvalue weighted by Gasteiger charge is 2.18. The van der Waals surface area contributed by atoms with Crippen LogP contribution in [0.1, 0.15) is 45.4 Å². The molecule has 0 aromatic rings. The van der Waals surface area contributed by atoms with Gasteiger partial charge in [-0.2, -0.15) is 0 Å². The van der Waals surface area contributed by atoms with Gasteiger partial charge in [0, 0.05) is 13.2 Å². The molecule has 3 N–H and O–H groups in total. The topological polar surface area (TPSA) is 87.7 Å². The molecule has 1 heterocycles. The predicted octanol–water partition coefficient (Wildman–Crippen LogP) is 1.50. The van der Waals surface area contributed by atoms with E-state index in [1.165, 1.54) is 0 Å². The number of hydrogen-bond donors (Lipinski definition) is 3. The second kappa shape index (κ2) is 8.74. The zero-order chi connectivity index (χ0) is 14.1. The van der Waals surface area contributed by atoms with Crippen molar-refractivity contribution >= 4 is 12.0 Å². The van der Waals surface area contributed by atoms with Gasteiger partial charge in [0.1, 0.15) is 6.04 Å². The third-order valence-corrected chi connectivity index (χ3v) is 3.19. The van der Waals surface area contributed by atoms with Gasteiger partial charge >= 0.3 is 12.0 Å². The molecule has 0 aromatic carbocycles. The first-order valence-corrected chi connectivity index (χ1v) is 7.02. The number of amides is 2. The van der Waals surface area contributed by atoms with Crippen LogP contribution in [0, 0.1) is 0 Å². The normalized spacial score (nSPS) is 19.9. The second-order valence-corrected chi connectivity index (χ2v) is 4.86. The summed E-state index contributed by atoms with van der Waals surface area (Å²) in [6.07, 6.45) is 5.51. The number of rotatable bonds is 8. The molecule has 110 valence electrons. The molecular weight excluding hydrogens is 248 g/mol. The van der Waals surface area contributed by atoms with Crippen LogP contribution in [0.4, 0.5) is 4.79 Å². The molecule has 1 fully saturated rings. The molecule has 2 atom stereocenters. The number of carboxylic acids is 1. The molecule has 1 aliphatic rings. The van der Waals surface area contributed by atoms with E-state index in [-0.39, 0.29) is 0 Å². The Bertz CT molecular complexity index is 290. The van der Waals surface area contributed by atoms with Gasteiger partial charge in [-0.1, -0.05) is 13.3 Å². The number of urea groups is 1. The molecule has 0 radical (unpaired) electrons. The van der Waals surface area contributed by atoms with Crippen molar-refractivity contribution < 1.29 is 19.4 Å². The zero-order valence-corrected chi connectivity index (χ0v) is 11.5. The Kier molecular flexibility index (Phi) is 7.25. The summed E-state index contributed by atoms with van der Waals surface area (Å²) >= 11 is 0. The largest absolute Gasteiger partial charge is 0.480 e. The fourth-order valence-electron chi connectivity index (χ4n) is 2.16. The van der Waals surface area contributed by atoms with E-state index in [0.29, 0.717) is 19.1 Å². The zero-order valence-electron chi connectivity index (χ0n) is 11.5. The van der Waals surface area contributed by atoms with Crippen LogP contribution in [0.25, 0.3) is 0 Å². The first-order valence-electron chi connectivity index (χ1n) is 7.02. The van der Waals surface area contributed by atoms with Gasteiger partial charge in [0.05, 0.1) is 6.10 Å². The monoisotopic (exact) mass is 272 g/mol. The molecule has 19 heavy (non-hydrogen) atoms. The molecule has 1 saturated heterocycles. The number of carbonyl (C=O) groups excluding carboxylic acids is 1. The van der Waals surface area contributed by atoms with Crippen molar-refractivity contribution in [2.75, 3.05) is 13.2 Å². The minimum absolute atomic E-state index is 0.330. The Morgan fingerprint density at radius 2 is 2.26 bits per heavy atom. The average molecular weight is 272 g/mol. The highest BCUT2D eigenvalue weighted by Crippen LogP contribution is 2.16. The van der Waals surface area contributed by atoms with E-state index in [0.717, 1.165) is 38.7 Å². The number of ether oxygens (including phenoxy) is 1. The highest BCUT2D eigenvalue weighted by molar-refractivity contribution is 5.82. The number of aliphatic carboxylic acids is 1. The standard InChI is InChI=1S/C13H24N2O4/c1-2-5-11(12(16)17)15-13(18)14-8-3-6-10-7-4-9-19-10/h10-11H,2-9H2,1H3,(H,16,17)(H2,14,15,18). The van der Waals surface area contributed by atoms with Gasteiger partial charge in [0.2, 0.25) is 0 Å². The molecule has 1 rings (SSSR count). The molecule has 0 saturated carbocycles. The maximum atomic E-state index is 11.5. The molecule has 0 bridgehead atoms. The van der Waals surface area contributed by atoms with Crippen LogP contribution in [0.3, 0.4) is 0 Å². The van der Waals surface area contributed by atoms with Gasteiger partial charge in [0.25, 0.3) is 0 Å². The van der Waals surface area contributed by atoms with E-state index in [9.17, 15) is 9.59 Å². The summed E-state index contributed by atoms with van der Waals surface area (Å²) in [5.41, 5.74) is 0. The Morgan fingerprint density at radius 3 is 2.84 bits per heavy atom. The van der Waals surface area contributed by atoms with E-state index in [2.05, 4.69) is 10.6 Å². The van der Waals surface area contributed by atoms with E-state index < -0.39 is 18.0 Å². The first-order chi connectivity index (χ1) is 9.13. The van der Waals surface area contributed by atoms with Crippen molar-refractivity contribution in [3.63, 3.8) is 0 Å². The second-order valence-electron chi connectivity index (χ2n) is 4.86. The fraction of sp³-hybridized carbons (Fsp3) is 0.846. The van der Waals surface area contributed by atoms with Crippen LogP contribution in [-0.4, -0.2) is 42.4 Å². The van der Waals surface area contributed by atoms with E-state index in [1.54, 1.807) is 0 Å². The highest BCUT2D eigenvalue weighted by atomic mass is 16.5. The smallest absolute Gasteiger partial charge is 0.326 e. The van der Waals surface area contributed by atoms with Crippen molar-refractivity contribution in [2.45, 2.75) is 57.6 Å². The average Bonchev–Trinajstić information content (AvgIpc) is 2.87. The quantitative estimate of drug-likeness (QED) is 0.584. The van der Waals surface area contributed by atoms with E-state index in [4.69, 9.17) is 9.84 Å². The number of carboxylic acid groups (broad SMARTS) is 1. The Morgan fingerprint density at radius 1 is 1.47 bits per heavy atom. The SMILES string of the molecule is CCCC(NC(=O)NCCCC1CCCO1)C(=O)O. The van der Waals surface area contributed by atoms with Crippen LogP contribution in [0.15, 0.2) is 0 Å². The fourth-order valence-corrected chi connectivity index (χ4v) is 2.16. The summed E-state index contributed by atoms with van der Waals surface area (Å²) in [7, 11) is 0. The van der Waals surface area contributed by atoms with Crippen molar-refractivity contribution in [1.29, 1.82) is 0 Å². The molecule has 6 heteroatoms. The number of hydrogen-bond acceptors (Lipinski definition) is 3. The molecular formula is C13H24N2O4. The van der Waals surface area contributed by atoms with E-state index >= 15 is 0 Å². The predicted molar refractivity (Wildman–Crippen MR) is 71.1 cm³/mol. The van der Waals surface area contributed by atoms with Gasteiger partial charge in [-0.25, -0.2) is 9.59 Å². The Balaban J connectivity index is 2.10. The minimum Gasteiger partial charge on any atom is -0.480 e. The maximum absolute atomic E-state index is 11.5. The van der Waals surface area contributed by atoms with Crippen LogP contribution < -0.4 is 10.6 Å². The maximum Gasteiger partial charge on any atom is 0.326 e. The number of nitrogens with one attached hydrogen (secondary N) is 2. The van der Waals surface area contributed by atoms with Crippen molar-refractivity contribution in [1.82, 2.24) is 10.6 Å². The summed E-state index contributed by atoms with van der Waals surface area (Å²) in [5.74, 6) is -0.989. The van der Waals surface area contributed by atoms with Crippen molar-refractivity contribution in [2.24, 2.45) is 0 Å². The van der Waals surface area contributed by atoms with Crippen LogP contribution >= 0.6 is 0 Å². The van der Waals surface area contributed by atoms with Gasteiger partial charge in [-0.15, -0.1) is 0 Å². The van der Waals surface area contributed by atoms with Crippen molar-refractivity contribution in [3.05, 3.63) is 0 Å². The molecule has 6 nitrogen and oxygen atoms in total. The molecule has 0 aliphatic carbocycles. The third kappa shape index (κ3) is 6.42. The number of carbonyl (C=O) groups is 2. The van der Waals surface area contributed by atoms with Gasteiger partial charge in [-0.05, 0) is 32.1 Å². The van der Waals surface area contributed by atoms with E-state index in [1.807, 2.05) is 6.92 Å².